The van der Waals surface area contributed by atoms with Gasteiger partial charge >= 0.3 is 0 Å². The standard InChI is InChI=1S/C20H23N3O/c24-20-10-14-22(13-4-7-18-5-2-1-3-6-18)15-16-23(20)17-19-8-11-21-12-9-19/h1-9,11-12H,10,13-17H2/b7-4+. The molecule has 0 unspecified atom stereocenters. The van der Waals surface area contributed by atoms with Gasteiger partial charge in [-0.15, -0.1) is 0 Å². The third-order valence-electron chi connectivity index (χ3n) is 4.28. The highest BCUT2D eigenvalue weighted by Gasteiger charge is 2.20. The number of hydrogen-bond acceptors (Lipinski definition) is 3. The lowest BCUT2D eigenvalue weighted by molar-refractivity contribution is -0.130. The van der Waals surface area contributed by atoms with E-state index >= 15 is 0 Å². The summed E-state index contributed by atoms with van der Waals surface area (Å²) in [6.45, 7) is 4.07. The number of hydrogen-bond donors (Lipinski definition) is 0. The van der Waals surface area contributed by atoms with Crippen molar-refractivity contribution >= 4 is 12.0 Å². The van der Waals surface area contributed by atoms with Crippen molar-refractivity contribution in [3.05, 3.63) is 72.1 Å². The molecule has 24 heavy (non-hydrogen) atoms. The fourth-order valence-electron chi connectivity index (χ4n) is 2.87. The third kappa shape index (κ3) is 4.77. The van der Waals surface area contributed by atoms with Gasteiger partial charge in [-0.2, -0.15) is 0 Å². The zero-order chi connectivity index (χ0) is 16.6. The maximum Gasteiger partial charge on any atom is 0.224 e. The van der Waals surface area contributed by atoms with Crippen LogP contribution in [0.1, 0.15) is 17.5 Å². The number of amides is 1. The zero-order valence-corrected chi connectivity index (χ0v) is 13.8. The summed E-state index contributed by atoms with van der Waals surface area (Å²) in [5.74, 6) is 0.237. The highest BCUT2D eigenvalue weighted by Crippen LogP contribution is 2.10. The molecule has 1 saturated heterocycles. The Kier molecular flexibility index (Phi) is 5.75. The van der Waals surface area contributed by atoms with E-state index in [9.17, 15) is 4.79 Å². The van der Waals surface area contributed by atoms with Crippen molar-refractivity contribution in [1.29, 1.82) is 0 Å². The molecule has 1 aliphatic rings. The molecule has 124 valence electrons. The number of carbonyl (C=O) groups is 1. The van der Waals surface area contributed by atoms with Crippen molar-refractivity contribution in [2.24, 2.45) is 0 Å². The lowest BCUT2D eigenvalue weighted by Gasteiger charge is -2.21. The molecular formula is C20H23N3O. The molecule has 1 amide bonds. The average Bonchev–Trinajstić information content (AvgIpc) is 2.80. The molecule has 2 heterocycles. The molecule has 4 heteroatoms. The second-order valence-corrected chi connectivity index (χ2v) is 6.03. The Balaban J connectivity index is 1.52. The highest BCUT2D eigenvalue weighted by molar-refractivity contribution is 5.76. The Hall–Kier alpha value is -2.46. The first-order valence-electron chi connectivity index (χ1n) is 8.42. The normalized spacial score (nSPS) is 16.5. The summed E-state index contributed by atoms with van der Waals surface area (Å²) in [7, 11) is 0. The van der Waals surface area contributed by atoms with Crippen LogP contribution in [-0.4, -0.2) is 46.9 Å². The van der Waals surface area contributed by atoms with Gasteiger partial charge in [0.2, 0.25) is 5.91 Å². The van der Waals surface area contributed by atoms with Crippen LogP contribution in [0.4, 0.5) is 0 Å². The molecule has 3 rings (SSSR count). The summed E-state index contributed by atoms with van der Waals surface area (Å²) in [4.78, 5) is 20.6. The summed E-state index contributed by atoms with van der Waals surface area (Å²) >= 11 is 0. The predicted molar refractivity (Wildman–Crippen MR) is 96.2 cm³/mol. The number of pyridine rings is 1. The molecule has 1 aromatic carbocycles. The van der Waals surface area contributed by atoms with Crippen LogP contribution >= 0.6 is 0 Å². The molecule has 1 aromatic heterocycles. The van der Waals surface area contributed by atoms with Gasteiger partial charge in [0.05, 0.1) is 0 Å². The number of benzene rings is 1. The smallest absolute Gasteiger partial charge is 0.224 e. The average molecular weight is 321 g/mol. The molecule has 2 aromatic rings. The minimum Gasteiger partial charge on any atom is -0.337 e. The van der Waals surface area contributed by atoms with E-state index in [0.29, 0.717) is 13.0 Å². The molecule has 4 nitrogen and oxygen atoms in total. The van der Waals surface area contributed by atoms with E-state index in [1.165, 1.54) is 5.56 Å². The van der Waals surface area contributed by atoms with Crippen LogP contribution in [0.25, 0.3) is 6.08 Å². The van der Waals surface area contributed by atoms with Crippen LogP contribution in [0.2, 0.25) is 0 Å². The summed E-state index contributed by atoms with van der Waals surface area (Å²) in [5, 5.41) is 0. The zero-order valence-electron chi connectivity index (χ0n) is 13.8. The van der Waals surface area contributed by atoms with E-state index in [-0.39, 0.29) is 5.91 Å². The van der Waals surface area contributed by atoms with Crippen molar-refractivity contribution in [3.63, 3.8) is 0 Å². The first kappa shape index (κ1) is 16.4. The summed E-state index contributed by atoms with van der Waals surface area (Å²) in [5.41, 5.74) is 2.35. The lowest BCUT2D eigenvalue weighted by Crippen LogP contribution is -2.32. The highest BCUT2D eigenvalue weighted by atomic mass is 16.2. The van der Waals surface area contributed by atoms with Crippen molar-refractivity contribution < 1.29 is 4.79 Å². The van der Waals surface area contributed by atoms with Crippen molar-refractivity contribution in [2.75, 3.05) is 26.2 Å². The number of aromatic nitrogens is 1. The van der Waals surface area contributed by atoms with Crippen LogP contribution in [-0.2, 0) is 11.3 Å². The quantitative estimate of drug-likeness (QED) is 0.850. The van der Waals surface area contributed by atoms with Crippen LogP contribution in [0.15, 0.2) is 60.9 Å². The molecule has 1 aliphatic heterocycles. The molecule has 0 N–H and O–H groups in total. The van der Waals surface area contributed by atoms with E-state index in [4.69, 9.17) is 0 Å². The third-order valence-corrected chi connectivity index (χ3v) is 4.28. The Labute approximate surface area is 143 Å². The molecule has 1 fully saturated rings. The van der Waals surface area contributed by atoms with Crippen LogP contribution in [0, 0.1) is 0 Å². The van der Waals surface area contributed by atoms with Crippen molar-refractivity contribution in [1.82, 2.24) is 14.8 Å². The molecule has 0 saturated carbocycles. The SMILES string of the molecule is O=C1CCN(C/C=C/c2ccccc2)CCN1Cc1ccncc1. The van der Waals surface area contributed by atoms with Gasteiger partial charge in [-0.25, -0.2) is 0 Å². The van der Waals surface area contributed by atoms with Gasteiger partial charge in [0, 0.05) is 51.5 Å². The fraction of sp³-hybridized carbons (Fsp3) is 0.300. The number of rotatable bonds is 5. The van der Waals surface area contributed by atoms with Crippen LogP contribution in [0.5, 0.6) is 0 Å². The van der Waals surface area contributed by atoms with E-state index in [1.807, 2.05) is 35.2 Å². The molecule has 0 spiro atoms. The number of carbonyl (C=O) groups excluding carboxylic acids is 1. The maximum absolute atomic E-state index is 12.3. The van der Waals surface area contributed by atoms with Gasteiger partial charge in [-0.1, -0.05) is 42.5 Å². The molecule has 0 aliphatic carbocycles. The van der Waals surface area contributed by atoms with Crippen molar-refractivity contribution in [3.8, 4) is 0 Å². The van der Waals surface area contributed by atoms with E-state index in [2.05, 4.69) is 34.2 Å². The Bertz CT molecular complexity index is 670. The van der Waals surface area contributed by atoms with Gasteiger partial charge in [0.1, 0.15) is 0 Å². The summed E-state index contributed by atoms with van der Waals surface area (Å²) in [6.07, 6.45) is 8.46. The monoisotopic (exact) mass is 321 g/mol. The molecule has 0 radical (unpaired) electrons. The largest absolute Gasteiger partial charge is 0.337 e. The first-order chi connectivity index (χ1) is 11.8. The van der Waals surface area contributed by atoms with Gasteiger partial charge in [-0.3, -0.25) is 14.7 Å². The first-order valence-corrected chi connectivity index (χ1v) is 8.42. The summed E-state index contributed by atoms with van der Waals surface area (Å²) in [6, 6.07) is 14.2. The Morgan fingerprint density at radius 3 is 2.58 bits per heavy atom. The second kappa shape index (κ2) is 8.41. The van der Waals surface area contributed by atoms with E-state index in [0.717, 1.165) is 31.7 Å². The lowest BCUT2D eigenvalue weighted by atomic mass is 10.2. The van der Waals surface area contributed by atoms with E-state index < -0.39 is 0 Å². The van der Waals surface area contributed by atoms with Gasteiger partial charge in [0.25, 0.3) is 0 Å². The second-order valence-electron chi connectivity index (χ2n) is 6.03. The molecule has 0 atom stereocenters. The fourth-order valence-corrected chi connectivity index (χ4v) is 2.87. The molecule has 0 bridgehead atoms. The summed E-state index contributed by atoms with van der Waals surface area (Å²) < 4.78 is 0. The Morgan fingerprint density at radius 2 is 1.79 bits per heavy atom. The maximum atomic E-state index is 12.3. The minimum absolute atomic E-state index is 0.237. The number of nitrogens with zero attached hydrogens (tertiary/aromatic N) is 3. The van der Waals surface area contributed by atoms with Gasteiger partial charge in [0.15, 0.2) is 0 Å². The van der Waals surface area contributed by atoms with Crippen LogP contribution < -0.4 is 0 Å². The molecular weight excluding hydrogens is 298 g/mol. The Morgan fingerprint density at radius 1 is 1.00 bits per heavy atom. The predicted octanol–water partition coefficient (Wildman–Crippen LogP) is 2.83. The van der Waals surface area contributed by atoms with E-state index in [1.54, 1.807) is 12.4 Å². The topological polar surface area (TPSA) is 36.4 Å². The van der Waals surface area contributed by atoms with Crippen LogP contribution in [0.3, 0.4) is 0 Å². The minimum atomic E-state index is 0.237. The van der Waals surface area contributed by atoms with Gasteiger partial charge < -0.3 is 4.90 Å². The van der Waals surface area contributed by atoms with Gasteiger partial charge in [-0.05, 0) is 23.3 Å². The van der Waals surface area contributed by atoms with Crippen molar-refractivity contribution in [2.45, 2.75) is 13.0 Å².